The second kappa shape index (κ2) is 10.5. The minimum atomic E-state index is -3.18. The first kappa shape index (κ1) is 27.6. The molecule has 0 nitrogen and oxygen atoms in total. The number of rotatable bonds is 8. The number of hydrogen-bond acceptors (Lipinski definition) is 0. The highest BCUT2D eigenvalue weighted by molar-refractivity contribution is 7.68. The van der Waals surface area contributed by atoms with E-state index in [0.29, 0.717) is 0 Å². The molecule has 0 amide bonds. The van der Waals surface area contributed by atoms with E-state index in [-0.39, 0.29) is 12.1 Å². The average Bonchev–Trinajstić information content (AvgIpc) is 2.38. The van der Waals surface area contributed by atoms with Crippen molar-refractivity contribution in [3.8, 4) is 0 Å². The Morgan fingerprint density at radius 2 is 0.731 bits per heavy atom. The summed E-state index contributed by atoms with van der Waals surface area (Å²) < 4.78 is 0. The van der Waals surface area contributed by atoms with Crippen LogP contribution in [0, 0.1) is 0 Å². The summed E-state index contributed by atoms with van der Waals surface area (Å²) >= 11 is 73.5. The van der Waals surface area contributed by atoms with E-state index >= 15 is 0 Å². The summed E-state index contributed by atoms with van der Waals surface area (Å²) in [5.41, 5.74) is 0.559. The molecule has 16 heteroatoms. The molecule has 0 aliphatic rings. The largest absolute Gasteiger partial charge is 0.348 e. The van der Waals surface area contributed by atoms with Crippen LogP contribution in [0.3, 0.4) is 0 Å². The van der Waals surface area contributed by atoms with Gasteiger partial charge in [0.1, 0.15) is 0 Å². The minimum absolute atomic E-state index is 0.198. The summed E-state index contributed by atoms with van der Waals surface area (Å²) in [5.74, 6) is 0. The summed E-state index contributed by atoms with van der Waals surface area (Å²) in [7, 11) is 0. The Bertz CT molecular complexity index is 531. The summed E-state index contributed by atoms with van der Waals surface area (Å²) in [5, 5.41) is 0. The lowest BCUT2D eigenvalue weighted by molar-refractivity contribution is 1.02. The molecule has 0 spiro atoms. The van der Waals surface area contributed by atoms with E-state index in [1.807, 2.05) is 0 Å². The third-order valence-electron chi connectivity index (χ3n) is 3.40. The van der Waals surface area contributed by atoms with Gasteiger partial charge in [0.2, 0.25) is 0 Å². The molecule has 0 aliphatic carbocycles. The predicted octanol–water partition coefficient (Wildman–Crippen LogP) is 9.55. The topological polar surface area (TPSA) is 0 Å². The first-order valence-corrected chi connectivity index (χ1v) is 27.5. The molecule has 0 aliphatic heterocycles. The molecule has 0 saturated carbocycles. The van der Waals surface area contributed by atoms with E-state index in [1.165, 1.54) is 0 Å². The van der Waals surface area contributed by atoms with Gasteiger partial charge < -0.3 is 0 Å². The van der Waals surface area contributed by atoms with Gasteiger partial charge in [0, 0.05) is 11.1 Å². The smallest absolute Gasteiger partial charge is 0.126 e. The van der Waals surface area contributed by atoms with Crippen molar-refractivity contribution in [1.82, 2.24) is 0 Å². The monoisotopic (exact) mass is 662 g/mol. The Hall–Kier alpha value is 3.57. The van der Waals surface area contributed by atoms with Gasteiger partial charge in [-0.05, 0) is 23.2 Å². The molecule has 2 atom stereocenters. The van der Waals surface area contributed by atoms with Crippen molar-refractivity contribution in [2.24, 2.45) is 0 Å². The van der Waals surface area contributed by atoms with Crippen LogP contribution in [0.1, 0.15) is 22.2 Å². The van der Waals surface area contributed by atoms with Crippen molar-refractivity contribution < 1.29 is 0 Å². The second-order valence-corrected chi connectivity index (χ2v) is 41.6. The third-order valence-corrected chi connectivity index (χ3v) is 16.1. The van der Waals surface area contributed by atoms with Gasteiger partial charge in [0.25, 0.3) is 0 Å². The van der Waals surface area contributed by atoms with Crippen LogP contribution in [0.5, 0.6) is 0 Å². The first-order chi connectivity index (χ1) is 11.4. The minimum Gasteiger partial charge on any atom is -0.126 e. The summed E-state index contributed by atoms with van der Waals surface area (Å²) in [6.07, 6.45) is 0. The quantitative estimate of drug-likeness (QED) is 0.191. The van der Waals surface area contributed by atoms with Gasteiger partial charge in [-0.2, -0.15) is 0 Å². The summed E-state index contributed by atoms with van der Waals surface area (Å²) in [6.45, 7) is 0. The molecule has 0 fully saturated rings. The fraction of sp³-hybridized carbons (Fsp3) is 0.400. The van der Waals surface area contributed by atoms with Gasteiger partial charge in [0.05, 0.1) is 0 Å². The molecule has 1 aromatic rings. The third kappa shape index (κ3) is 10.3. The van der Waals surface area contributed by atoms with E-state index in [0.717, 1.165) is 11.1 Å². The first-order valence-electron chi connectivity index (χ1n) is 6.77. The highest BCUT2D eigenvalue weighted by Gasteiger charge is 2.45. The van der Waals surface area contributed by atoms with E-state index in [1.54, 1.807) is 24.3 Å². The van der Waals surface area contributed by atoms with Crippen molar-refractivity contribution in [2.75, 3.05) is 0 Å². The molecule has 150 valence electrons. The second-order valence-electron chi connectivity index (χ2n) is 5.49. The molecule has 0 saturated heterocycles. The molecular weight excluding hydrogens is 658 g/mol. The lowest BCUT2D eigenvalue weighted by Crippen LogP contribution is -2.30. The molecule has 0 N–H and O–H groups in total. The highest BCUT2D eigenvalue weighted by atomic mass is 35.9. The zero-order chi connectivity index (χ0) is 20.6. The van der Waals surface area contributed by atoms with Crippen LogP contribution >= 0.6 is 133 Å². The van der Waals surface area contributed by atoms with Gasteiger partial charge in [-0.15, -0.1) is 133 Å². The lowest BCUT2D eigenvalue weighted by Gasteiger charge is -2.27. The SMILES string of the molecule is Cl[Si](Cl)(Cl)CC(c1ccc(C(C[Si](Cl)(Cl)Cl)[Si](Cl)(Cl)Cl)cc1)[Si](Cl)(Cl)Cl. The Morgan fingerprint density at radius 3 is 0.885 bits per heavy atom. The summed E-state index contributed by atoms with van der Waals surface area (Å²) in [6, 6.07) is -4.90. The number of halogens is 12. The molecule has 0 radical (unpaired) electrons. The molecule has 2 unspecified atom stereocenters. The Morgan fingerprint density at radius 1 is 0.500 bits per heavy atom. The molecule has 0 bridgehead atoms. The maximum atomic E-state index is 6.21. The van der Waals surface area contributed by atoms with Crippen LogP contribution in [0.4, 0.5) is 0 Å². The molecule has 0 aromatic heterocycles. The van der Waals surface area contributed by atoms with Gasteiger partial charge in [-0.1, -0.05) is 24.3 Å². The maximum absolute atomic E-state index is 6.21. The van der Waals surface area contributed by atoms with Gasteiger partial charge in [0.15, 0.2) is 0 Å². The standard InChI is InChI=1S/C10H10Cl12Si4/c11-23(12,13)5-9(25(17,18)19)7-1-2-8(4-3-7)10(26(20,21)22)6-24(14,15)16/h1-4,9-10H,5-6H2. The van der Waals surface area contributed by atoms with Crippen molar-refractivity contribution >= 4 is 157 Å². The van der Waals surface area contributed by atoms with Crippen LogP contribution in [-0.4, -0.2) is 24.0 Å². The predicted molar refractivity (Wildman–Crippen MR) is 135 cm³/mol. The molecule has 1 aromatic carbocycles. The van der Waals surface area contributed by atoms with Crippen LogP contribution in [-0.2, 0) is 0 Å². The summed E-state index contributed by atoms with van der Waals surface area (Å²) in [4.78, 5) is 0. The average molecular weight is 668 g/mol. The fourth-order valence-electron chi connectivity index (χ4n) is 2.27. The van der Waals surface area contributed by atoms with Gasteiger partial charge in [-0.3, -0.25) is 0 Å². The van der Waals surface area contributed by atoms with Crippen LogP contribution in [0.25, 0.3) is 0 Å². The van der Waals surface area contributed by atoms with Crippen LogP contribution in [0.2, 0.25) is 12.1 Å². The maximum Gasteiger partial charge on any atom is 0.348 e. The van der Waals surface area contributed by atoms with Crippen molar-refractivity contribution in [1.29, 1.82) is 0 Å². The number of hydrogen-bond donors (Lipinski definition) is 0. The Balaban J connectivity index is 3.21. The van der Waals surface area contributed by atoms with Crippen molar-refractivity contribution in [3.63, 3.8) is 0 Å². The van der Waals surface area contributed by atoms with Gasteiger partial charge in [-0.25, -0.2) is 0 Å². The molecule has 0 heterocycles. The molecular formula is C10H10Cl12Si4. The van der Waals surface area contributed by atoms with Crippen LogP contribution in [0.15, 0.2) is 24.3 Å². The van der Waals surface area contributed by atoms with Gasteiger partial charge >= 0.3 is 24.0 Å². The van der Waals surface area contributed by atoms with Crippen LogP contribution < -0.4 is 0 Å². The Kier molecular flexibility index (Phi) is 11.1. The fourth-order valence-corrected chi connectivity index (χ4v) is 20.0. The number of benzene rings is 1. The van der Waals surface area contributed by atoms with Crippen molar-refractivity contribution in [3.05, 3.63) is 35.4 Å². The Labute approximate surface area is 213 Å². The lowest BCUT2D eigenvalue weighted by atomic mass is 10.1. The zero-order valence-corrected chi connectivity index (χ0v) is 25.5. The van der Waals surface area contributed by atoms with E-state index in [4.69, 9.17) is 133 Å². The normalized spacial score (nSPS) is 16.5. The molecule has 1 rings (SSSR count). The van der Waals surface area contributed by atoms with E-state index in [2.05, 4.69) is 0 Å². The van der Waals surface area contributed by atoms with E-state index in [9.17, 15) is 0 Å². The molecule has 26 heavy (non-hydrogen) atoms. The van der Waals surface area contributed by atoms with E-state index < -0.39 is 35.1 Å². The van der Waals surface area contributed by atoms with Crippen molar-refractivity contribution in [2.45, 2.75) is 23.2 Å². The highest BCUT2D eigenvalue weighted by Crippen LogP contribution is 2.47. The zero-order valence-electron chi connectivity index (χ0n) is 12.4.